The van der Waals surface area contributed by atoms with Crippen molar-refractivity contribution in [1.29, 1.82) is 5.26 Å². The number of para-hydroxylation sites is 1. The number of nitrogens with two attached hydrogens (primary N) is 1. The van der Waals surface area contributed by atoms with Gasteiger partial charge in [0.05, 0.1) is 17.0 Å². The lowest BCUT2D eigenvalue weighted by Gasteiger charge is -2.24. The van der Waals surface area contributed by atoms with Gasteiger partial charge < -0.3 is 21.1 Å². The fourth-order valence-electron chi connectivity index (χ4n) is 2.59. The maximum absolute atomic E-state index is 9.47. The van der Waals surface area contributed by atoms with E-state index >= 15 is 0 Å². The van der Waals surface area contributed by atoms with Crippen LogP contribution in [0.2, 0.25) is 0 Å². The number of aromatic nitrogens is 2. The third kappa shape index (κ3) is 6.90. The second-order valence-electron chi connectivity index (χ2n) is 6.99. The van der Waals surface area contributed by atoms with E-state index in [1.54, 1.807) is 18.8 Å². The Bertz CT molecular complexity index is 841. The van der Waals surface area contributed by atoms with Crippen LogP contribution in [-0.4, -0.2) is 48.6 Å². The van der Waals surface area contributed by atoms with Crippen molar-refractivity contribution in [2.45, 2.75) is 32.3 Å². The van der Waals surface area contributed by atoms with Crippen LogP contribution in [0.5, 0.6) is 0 Å². The number of nitrogens with zero attached hydrogens (tertiary/aromatic N) is 4. The van der Waals surface area contributed by atoms with Crippen LogP contribution in [0, 0.1) is 11.3 Å². The molecule has 8 nitrogen and oxygen atoms in total. The van der Waals surface area contributed by atoms with E-state index < -0.39 is 0 Å². The van der Waals surface area contributed by atoms with E-state index in [0.717, 1.165) is 12.1 Å². The highest BCUT2D eigenvalue weighted by atomic mass is 127. The highest BCUT2D eigenvalue weighted by Crippen LogP contribution is 2.21. The van der Waals surface area contributed by atoms with E-state index in [1.165, 1.54) is 0 Å². The number of ether oxygens (including phenoxy) is 1. The molecule has 1 aromatic heterocycles. The van der Waals surface area contributed by atoms with Crippen molar-refractivity contribution in [1.82, 2.24) is 20.4 Å². The summed E-state index contributed by atoms with van der Waals surface area (Å²) in [5.74, 6) is 1.08. The Kier molecular flexibility index (Phi) is 9.91. The van der Waals surface area contributed by atoms with E-state index in [1.807, 2.05) is 44.2 Å². The number of hydrogen-bond donors (Lipinski definition) is 3. The first-order chi connectivity index (χ1) is 13.4. The minimum absolute atomic E-state index is 0. The van der Waals surface area contributed by atoms with E-state index in [4.69, 9.17) is 10.5 Å². The molecule has 29 heavy (non-hydrogen) atoms. The number of anilines is 1. The average molecular weight is 511 g/mol. The Morgan fingerprint density at radius 1 is 1.31 bits per heavy atom. The van der Waals surface area contributed by atoms with Crippen molar-refractivity contribution in [2.75, 3.05) is 33.0 Å². The molecule has 9 heteroatoms. The monoisotopic (exact) mass is 511 g/mol. The number of guanidine groups is 1. The molecule has 158 valence electrons. The molecule has 0 bridgehead atoms. The zero-order valence-electron chi connectivity index (χ0n) is 17.4. The van der Waals surface area contributed by atoms with Crippen molar-refractivity contribution in [2.24, 2.45) is 4.99 Å². The van der Waals surface area contributed by atoms with Gasteiger partial charge in [0, 0.05) is 27.2 Å². The van der Waals surface area contributed by atoms with Gasteiger partial charge in [0.15, 0.2) is 5.96 Å². The van der Waals surface area contributed by atoms with Crippen LogP contribution in [-0.2, 0) is 11.2 Å². The van der Waals surface area contributed by atoms with Crippen LogP contribution >= 0.6 is 24.0 Å². The third-order valence-electron chi connectivity index (χ3n) is 4.45. The maximum atomic E-state index is 9.47. The Labute approximate surface area is 189 Å². The lowest BCUT2D eigenvalue weighted by molar-refractivity contribution is 0.0268. The van der Waals surface area contributed by atoms with E-state index in [-0.39, 0.29) is 29.6 Å². The molecule has 1 aromatic carbocycles. The number of nitrogens with one attached hydrogen (secondary N) is 2. The summed E-state index contributed by atoms with van der Waals surface area (Å²) in [5, 5.41) is 20.5. The lowest BCUT2D eigenvalue weighted by atomic mass is 10.1. The van der Waals surface area contributed by atoms with Gasteiger partial charge in [-0.25, -0.2) is 4.68 Å². The summed E-state index contributed by atoms with van der Waals surface area (Å²) in [6.45, 7) is 5.34. The molecule has 0 saturated carbocycles. The van der Waals surface area contributed by atoms with Crippen LogP contribution in [0.15, 0.2) is 35.3 Å². The molecule has 0 aliphatic heterocycles. The highest BCUT2D eigenvalue weighted by Gasteiger charge is 2.17. The number of aliphatic imine (C=N–C) groups is 1. The second-order valence-corrected chi connectivity index (χ2v) is 6.99. The van der Waals surface area contributed by atoms with Gasteiger partial charge in [-0.3, -0.25) is 4.99 Å². The molecule has 0 saturated heterocycles. The predicted molar refractivity (Wildman–Crippen MR) is 127 cm³/mol. The quantitative estimate of drug-likeness (QED) is 0.217. The molecule has 0 aliphatic rings. The van der Waals surface area contributed by atoms with Gasteiger partial charge in [-0.05, 0) is 38.8 Å². The second kappa shape index (κ2) is 11.6. The van der Waals surface area contributed by atoms with Crippen molar-refractivity contribution in [3.8, 4) is 11.8 Å². The number of nitriles is 1. The maximum Gasteiger partial charge on any atom is 0.191 e. The summed E-state index contributed by atoms with van der Waals surface area (Å²) in [7, 11) is 3.41. The van der Waals surface area contributed by atoms with Gasteiger partial charge >= 0.3 is 0 Å². The zero-order valence-corrected chi connectivity index (χ0v) is 19.7. The summed E-state index contributed by atoms with van der Waals surface area (Å²) in [6.07, 6.45) is 1.43. The molecule has 0 aliphatic carbocycles. The van der Waals surface area contributed by atoms with Crippen molar-refractivity contribution in [3.63, 3.8) is 0 Å². The Balaban J connectivity index is 0.00000420. The Morgan fingerprint density at radius 3 is 2.59 bits per heavy atom. The normalized spacial score (nSPS) is 11.5. The smallest absolute Gasteiger partial charge is 0.191 e. The molecule has 0 unspecified atom stereocenters. The molecule has 0 atom stereocenters. The van der Waals surface area contributed by atoms with Gasteiger partial charge in [-0.2, -0.15) is 10.4 Å². The summed E-state index contributed by atoms with van der Waals surface area (Å²) in [6, 6.07) is 11.7. The highest BCUT2D eigenvalue weighted by molar-refractivity contribution is 14.0. The number of methoxy groups -OCH3 is 1. The first-order valence-electron chi connectivity index (χ1n) is 9.24. The SMILES string of the molecule is CN=C(NCCCc1nn(-c2ccccc2)c(N)c1C#N)NCC(C)(C)OC.I. The van der Waals surface area contributed by atoms with Crippen LogP contribution in [0.3, 0.4) is 0 Å². The molecule has 0 amide bonds. The number of halogens is 1. The number of rotatable bonds is 8. The van der Waals surface area contributed by atoms with Gasteiger partial charge in [-0.15, -0.1) is 24.0 Å². The summed E-state index contributed by atoms with van der Waals surface area (Å²) >= 11 is 0. The number of benzene rings is 1. The summed E-state index contributed by atoms with van der Waals surface area (Å²) in [4.78, 5) is 4.21. The van der Waals surface area contributed by atoms with Gasteiger partial charge in [0.1, 0.15) is 17.5 Å². The standard InChI is InChI=1S/C20H29N7O.HI/c1-20(2,28-4)14-25-19(23-3)24-12-8-11-17-16(13-21)18(22)27(26-17)15-9-6-5-7-10-15;/h5-7,9-10H,8,11-12,14,22H2,1-4H3,(H2,23,24,25);1H. The molecular weight excluding hydrogens is 481 g/mol. The van der Waals surface area contributed by atoms with Crippen LogP contribution in [0.25, 0.3) is 5.69 Å². The van der Waals surface area contributed by atoms with Crippen molar-refractivity contribution < 1.29 is 4.74 Å². The predicted octanol–water partition coefficient (Wildman–Crippen LogP) is 2.47. The molecule has 0 fully saturated rings. The van der Waals surface area contributed by atoms with Crippen molar-refractivity contribution in [3.05, 3.63) is 41.6 Å². The fourth-order valence-corrected chi connectivity index (χ4v) is 2.59. The Hall–Kier alpha value is -2.32. The first kappa shape index (κ1) is 24.7. The molecule has 0 radical (unpaired) electrons. The minimum atomic E-state index is -0.277. The van der Waals surface area contributed by atoms with Crippen molar-refractivity contribution >= 4 is 35.8 Å². The molecule has 4 N–H and O–H groups in total. The number of hydrogen-bond acceptors (Lipinski definition) is 5. The summed E-state index contributed by atoms with van der Waals surface area (Å²) < 4.78 is 7.01. The molecule has 1 heterocycles. The van der Waals surface area contributed by atoms with Gasteiger partial charge in [0.2, 0.25) is 0 Å². The lowest BCUT2D eigenvalue weighted by Crippen LogP contribution is -2.45. The molecule has 2 aromatic rings. The van der Waals surface area contributed by atoms with E-state index in [2.05, 4.69) is 26.8 Å². The molecule has 2 rings (SSSR count). The topological polar surface area (TPSA) is 113 Å². The third-order valence-corrected chi connectivity index (χ3v) is 4.45. The van der Waals surface area contributed by atoms with Gasteiger partial charge in [-0.1, -0.05) is 18.2 Å². The van der Waals surface area contributed by atoms with E-state index in [9.17, 15) is 5.26 Å². The zero-order chi connectivity index (χ0) is 20.6. The first-order valence-corrected chi connectivity index (χ1v) is 9.24. The van der Waals surface area contributed by atoms with Crippen LogP contribution in [0.4, 0.5) is 5.82 Å². The average Bonchev–Trinajstić information content (AvgIpc) is 3.03. The number of nitrogen functional groups attached to an aromatic ring is 1. The van der Waals surface area contributed by atoms with E-state index in [0.29, 0.717) is 42.5 Å². The summed E-state index contributed by atoms with van der Waals surface area (Å²) in [5.41, 5.74) is 7.84. The van der Waals surface area contributed by atoms with Crippen LogP contribution in [0.1, 0.15) is 31.5 Å². The van der Waals surface area contributed by atoms with Crippen LogP contribution < -0.4 is 16.4 Å². The molecule has 0 spiro atoms. The largest absolute Gasteiger partial charge is 0.382 e. The molecular formula is C20H30IN7O. The van der Waals surface area contributed by atoms with Gasteiger partial charge in [0.25, 0.3) is 0 Å². The fraction of sp³-hybridized carbons (Fsp3) is 0.450. The Morgan fingerprint density at radius 2 is 2.00 bits per heavy atom. The number of aryl methyl sites for hydroxylation is 1. The minimum Gasteiger partial charge on any atom is -0.382 e.